The topological polar surface area (TPSA) is 46.2 Å². The number of nitrogens with one attached hydrogen (secondary N) is 1. The van der Waals surface area contributed by atoms with E-state index in [9.17, 15) is 8.42 Å². The van der Waals surface area contributed by atoms with E-state index in [1.165, 1.54) is 5.56 Å². The largest absolute Gasteiger partial charge is 0.306 e. The Labute approximate surface area is 126 Å². The number of hydrogen-bond donors (Lipinski definition) is 1. The van der Waals surface area contributed by atoms with Gasteiger partial charge in [0.05, 0.1) is 11.5 Å². The average molecular weight is 316 g/mol. The van der Waals surface area contributed by atoms with E-state index in [1.807, 2.05) is 24.3 Å². The van der Waals surface area contributed by atoms with E-state index in [-0.39, 0.29) is 17.8 Å². The van der Waals surface area contributed by atoms with Crippen molar-refractivity contribution in [1.82, 2.24) is 5.32 Å². The minimum atomic E-state index is -2.87. The third kappa shape index (κ3) is 4.47. The van der Waals surface area contributed by atoms with Gasteiger partial charge >= 0.3 is 0 Å². The minimum absolute atomic E-state index is 0.0704. The van der Waals surface area contributed by atoms with Crippen molar-refractivity contribution < 1.29 is 8.42 Å². The number of benzene rings is 1. The van der Waals surface area contributed by atoms with Crippen molar-refractivity contribution in [3.8, 4) is 0 Å². The Morgan fingerprint density at radius 2 is 2.05 bits per heavy atom. The van der Waals surface area contributed by atoms with Gasteiger partial charge in [-0.15, -0.1) is 0 Å². The molecule has 1 aromatic carbocycles. The van der Waals surface area contributed by atoms with Crippen LogP contribution in [0, 0.1) is 0 Å². The van der Waals surface area contributed by atoms with Gasteiger partial charge in [-0.1, -0.05) is 37.1 Å². The van der Waals surface area contributed by atoms with Gasteiger partial charge in [-0.2, -0.15) is 0 Å². The van der Waals surface area contributed by atoms with E-state index in [1.54, 1.807) is 0 Å². The summed E-state index contributed by atoms with van der Waals surface area (Å²) in [5, 5.41) is 4.25. The maximum Gasteiger partial charge on any atom is 0.151 e. The highest BCUT2D eigenvalue weighted by Gasteiger charge is 2.26. The summed E-state index contributed by atoms with van der Waals surface area (Å²) in [6.07, 6.45) is 3.75. The van der Waals surface area contributed by atoms with Crippen LogP contribution < -0.4 is 5.32 Å². The molecule has 1 heterocycles. The Morgan fingerprint density at radius 3 is 2.65 bits per heavy atom. The van der Waals surface area contributed by atoms with E-state index in [0.717, 1.165) is 30.7 Å². The van der Waals surface area contributed by atoms with Gasteiger partial charge in [0.1, 0.15) is 0 Å². The highest BCUT2D eigenvalue weighted by molar-refractivity contribution is 7.91. The molecule has 112 valence electrons. The van der Waals surface area contributed by atoms with Crippen LogP contribution in [0.1, 0.15) is 44.2 Å². The fourth-order valence-electron chi connectivity index (χ4n) is 2.77. The Kier molecular flexibility index (Phi) is 5.47. The molecule has 2 rings (SSSR count). The van der Waals surface area contributed by atoms with Crippen LogP contribution in [-0.2, 0) is 9.84 Å². The van der Waals surface area contributed by atoms with Crippen molar-refractivity contribution >= 4 is 21.4 Å². The molecule has 2 atom stereocenters. The molecule has 1 fully saturated rings. The SMILES string of the molecule is CCCC(NC1CCCS(=O)(=O)C1)c1ccc(Cl)cc1. The summed E-state index contributed by atoms with van der Waals surface area (Å²) in [5.74, 6) is 0.603. The summed E-state index contributed by atoms with van der Waals surface area (Å²) in [7, 11) is -2.87. The average Bonchev–Trinajstić information content (AvgIpc) is 2.38. The van der Waals surface area contributed by atoms with Gasteiger partial charge in [-0.05, 0) is 37.0 Å². The summed E-state index contributed by atoms with van der Waals surface area (Å²) in [6.45, 7) is 2.14. The first-order valence-corrected chi connectivity index (χ1v) is 9.42. The maximum absolute atomic E-state index is 11.7. The molecule has 1 saturated heterocycles. The molecule has 0 spiro atoms. The standard InChI is InChI=1S/C15H22ClNO2S/c1-2-4-15(12-6-8-13(16)9-7-12)17-14-5-3-10-20(18,19)11-14/h6-9,14-15,17H,2-5,10-11H2,1H3. The zero-order valence-corrected chi connectivity index (χ0v) is 13.4. The molecule has 20 heavy (non-hydrogen) atoms. The molecular weight excluding hydrogens is 294 g/mol. The van der Waals surface area contributed by atoms with E-state index in [2.05, 4.69) is 12.2 Å². The lowest BCUT2D eigenvalue weighted by molar-refractivity contribution is 0.403. The lowest BCUT2D eigenvalue weighted by atomic mass is 10.0. The third-order valence-corrected chi connectivity index (χ3v) is 5.82. The molecule has 1 N–H and O–H groups in total. The van der Waals surface area contributed by atoms with Gasteiger partial charge in [-0.25, -0.2) is 8.42 Å². The predicted octanol–water partition coefficient (Wildman–Crippen LogP) is 3.35. The van der Waals surface area contributed by atoms with Crippen molar-refractivity contribution in [2.75, 3.05) is 11.5 Å². The van der Waals surface area contributed by atoms with Gasteiger partial charge in [0, 0.05) is 17.1 Å². The van der Waals surface area contributed by atoms with Crippen LogP contribution in [0.4, 0.5) is 0 Å². The minimum Gasteiger partial charge on any atom is -0.306 e. The molecule has 0 amide bonds. The highest BCUT2D eigenvalue weighted by atomic mass is 35.5. The van der Waals surface area contributed by atoms with Crippen LogP contribution in [0.5, 0.6) is 0 Å². The van der Waals surface area contributed by atoms with Crippen molar-refractivity contribution in [1.29, 1.82) is 0 Å². The second-order valence-corrected chi connectivity index (χ2v) is 8.18. The lowest BCUT2D eigenvalue weighted by Gasteiger charge is -2.28. The molecule has 3 nitrogen and oxygen atoms in total. The smallest absolute Gasteiger partial charge is 0.151 e. The van der Waals surface area contributed by atoms with Crippen molar-refractivity contribution in [3.05, 3.63) is 34.9 Å². The summed E-state index contributed by atoms with van der Waals surface area (Å²) < 4.78 is 23.4. The molecule has 5 heteroatoms. The van der Waals surface area contributed by atoms with Crippen molar-refractivity contribution in [2.45, 2.75) is 44.7 Å². The van der Waals surface area contributed by atoms with E-state index >= 15 is 0 Å². The molecule has 1 aliphatic heterocycles. The van der Waals surface area contributed by atoms with Crippen molar-refractivity contribution in [2.24, 2.45) is 0 Å². The maximum atomic E-state index is 11.7. The van der Waals surface area contributed by atoms with Crippen LogP contribution in [0.15, 0.2) is 24.3 Å². The number of rotatable bonds is 5. The molecule has 0 bridgehead atoms. The molecule has 0 aliphatic carbocycles. The molecule has 2 unspecified atom stereocenters. The first-order valence-electron chi connectivity index (χ1n) is 7.22. The number of hydrogen-bond acceptors (Lipinski definition) is 3. The Morgan fingerprint density at radius 1 is 1.35 bits per heavy atom. The van der Waals surface area contributed by atoms with Gasteiger partial charge in [-0.3, -0.25) is 0 Å². The first-order chi connectivity index (χ1) is 9.50. The first kappa shape index (κ1) is 15.8. The van der Waals surface area contributed by atoms with Crippen LogP contribution in [0.3, 0.4) is 0 Å². The van der Waals surface area contributed by atoms with E-state index < -0.39 is 9.84 Å². The second kappa shape index (κ2) is 6.92. The van der Waals surface area contributed by atoms with Crippen LogP contribution in [0.25, 0.3) is 0 Å². The van der Waals surface area contributed by atoms with Gasteiger partial charge in [0.15, 0.2) is 9.84 Å². The Balaban J connectivity index is 2.07. The van der Waals surface area contributed by atoms with E-state index in [4.69, 9.17) is 11.6 Å². The Bertz CT molecular complexity index is 527. The quantitative estimate of drug-likeness (QED) is 0.906. The number of sulfone groups is 1. The van der Waals surface area contributed by atoms with Crippen LogP contribution in [-0.4, -0.2) is 26.0 Å². The molecular formula is C15H22ClNO2S. The summed E-state index contributed by atoms with van der Waals surface area (Å²) in [6, 6.07) is 8.09. The molecule has 0 radical (unpaired) electrons. The second-order valence-electron chi connectivity index (χ2n) is 5.51. The van der Waals surface area contributed by atoms with Crippen molar-refractivity contribution in [3.63, 3.8) is 0 Å². The van der Waals surface area contributed by atoms with Gasteiger partial charge in [0.25, 0.3) is 0 Å². The summed E-state index contributed by atoms with van der Waals surface area (Å²) in [5.41, 5.74) is 1.18. The lowest BCUT2D eigenvalue weighted by Crippen LogP contribution is -2.41. The fraction of sp³-hybridized carbons (Fsp3) is 0.600. The van der Waals surface area contributed by atoms with Gasteiger partial charge < -0.3 is 5.32 Å². The Hall–Kier alpha value is -0.580. The molecule has 0 aromatic heterocycles. The fourth-order valence-corrected chi connectivity index (χ4v) is 4.54. The molecule has 1 aliphatic rings. The molecule has 1 aromatic rings. The predicted molar refractivity (Wildman–Crippen MR) is 83.9 cm³/mol. The van der Waals surface area contributed by atoms with E-state index in [0.29, 0.717) is 5.75 Å². The summed E-state index contributed by atoms with van der Waals surface area (Å²) >= 11 is 5.92. The zero-order chi connectivity index (χ0) is 14.6. The third-order valence-electron chi connectivity index (χ3n) is 3.75. The normalized spacial score (nSPS) is 23.4. The van der Waals surface area contributed by atoms with Crippen LogP contribution in [0.2, 0.25) is 5.02 Å². The zero-order valence-electron chi connectivity index (χ0n) is 11.8. The highest BCUT2D eigenvalue weighted by Crippen LogP contribution is 2.23. The number of halogens is 1. The summed E-state index contributed by atoms with van der Waals surface area (Å²) in [4.78, 5) is 0. The van der Waals surface area contributed by atoms with Gasteiger partial charge in [0.2, 0.25) is 0 Å². The monoisotopic (exact) mass is 315 g/mol. The molecule has 0 saturated carbocycles. The van der Waals surface area contributed by atoms with Crippen LogP contribution >= 0.6 is 11.6 Å².